The zero-order valence-corrected chi connectivity index (χ0v) is 15.1. The van der Waals surface area contributed by atoms with Crippen molar-refractivity contribution in [2.45, 2.75) is 6.04 Å². The van der Waals surface area contributed by atoms with E-state index in [1.807, 2.05) is 0 Å². The maximum atomic E-state index is 12.2. The molecule has 0 fully saturated rings. The lowest BCUT2D eigenvalue weighted by Crippen LogP contribution is -2.31. The number of amides is 2. The molecule has 2 amide bonds. The van der Waals surface area contributed by atoms with Crippen LogP contribution in [0.2, 0.25) is 0 Å². The molecule has 10 nitrogen and oxygen atoms in total. The van der Waals surface area contributed by atoms with E-state index in [0.717, 1.165) is 6.07 Å². The highest BCUT2D eigenvalue weighted by molar-refractivity contribution is 6.04. The Kier molecular flexibility index (Phi) is 5.95. The first kappa shape index (κ1) is 19.7. The molecule has 0 saturated carbocycles. The van der Waals surface area contributed by atoms with Gasteiger partial charge in [-0.2, -0.15) is 0 Å². The number of nitrogens with zero attached hydrogens (tertiary/aromatic N) is 2. The lowest BCUT2D eigenvalue weighted by atomic mass is 10.0. The Hall–Kier alpha value is -4.05. The number of aromatic nitrogens is 1. The largest absolute Gasteiger partial charge is 0.433 e. The molecule has 0 aliphatic carbocycles. The van der Waals surface area contributed by atoms with Gasteiger partial charge in [0.25, 0.3) is 11.8 Å². The third kappa shape index (κ3) is 5.02. The van der Waals surface area contributed by atoms with Gasteiger partial charge in [-0.15, -0.1) is 0 Å². The number of pyridine rings is 1. The summed E-state index contributed by atoms with van der Waals surface area (Å²) in [6, 6.07) is 11.8. The average Bonchev–Trinajstić information content (AvgIpc) is 3.23. The number of benzene rings is 1. The van der Waals surface area contributed by atoms with Crippen molar-refractivity contribution in [3.63, 3.8) is 0 Å². The van der Waals surface area contributed by atoms with E-state index in [4.69, 9.17) is 10.2 Å². The van der Waals surface area contributed by atoms with Gasteiger partial charge < -0.3 is 20.8 Å². The summed E-state index contributed by atoms with van der Waals surface area (Å²) in [6.07, 6.45) is 3.15. The van der Waals surface area contributed by atoms with Crippen LogP contribution in [0, 0.1) is 10.1 Å². The first-order valence-corrected chi connectivity index (χ1v) is 8.53. The maximum absolute atomic E-state index is 12.2. The quantitative estimate of drug-likeness (QED) is 0.409. The standard InChI is InChI=1S/C19H17N5O5/c20-15(11-22-19(26)16-5-6-17(29-16)24(27)28)12-1-3-13(4-2-12)18(25)23-14-7-9-21-10-8-14/h1-10,15H,11,20H2,(H,22,26)(H,21,23,25). The molecule has 1 aromatic carbocycles. The molecular formula is C19H17N5O5. The lowest BCUT2D eigenvalue weighted by molar-refractivity contribution is -0.402. The summed E-state index contributed by atoms with van der Waals surface area (Å²) in [5.41, 5.74) is 7.85. The number of furan rings is 1. The summed E-state index contributed by atoms with van der Waals surface area (Å²) < 4.78 is 4.84. The van der Waals surface area contributed by atoms with Crippen molar-refractivity contribution >= 4 is 23.4 Å². The molecule has 0 aliphatic heterocycles. The topological polar surface area (TPSA) is 153 Å². The van der Waals surface area contributed by atoms with E-state index in [-0.39, 0.29) is 18.2 Å². The Morgan fingerprint density at radius 3 is 2.38 bits per heavy atom. The van der Waals surface area contributed by atoms with Crippen LogP contribution in [0.5, 0.6) is 0 Å². The number of nitrogens with one attached hydrogen (secondary N) is 2. The van der Waals surface area contributed by atoms with Gasteiger partial charge in [0.05, 0.1) is 6.07 Å². The fourth-order valence-corrected chi connectivity index (χ4v) is 2.48. The second-order valence-electron chi connectivity index (χ2n) is 6.02. The Morgan fingerprint density at radius 1 is 1.07 bits per heavy atom. The first-order valence-electron chi connectivity index (χ1n) is 8.53. The predicted molar refractivity (Wildman–Crippen MR) is 103 cm³/mol. The minimum absolute atomic E-state index is 0.0793. The monoisotopic (exact) mass is 395 g/mol. The van der Waals surface area contributed by atoms with Crippen LogP contribution in [0.15, 0.2) is 65.3 Å². The molecule has 0 saturated heterocycles. The van der Waals surface area contributed by atoms with Gasteiger partial charge in [0.1, 0.15) is 4.92 Å². The highest BCUT2D eigenvalue weighted by Crippen LogP contribution is 2.16. The van der Waals surface area contributed by atoms with Crippen molar-refractivity contribution < 1.29 is 18.9 Å². The van der Waals surface area contributed by atoms with Crippen molar-refractivity contribution in [1.29, 1.82) is 0 Å². The number of nitrogens with two attached hydrogens (primary N) is 1. The summed E-state index contributed by atoms with van der Waals surface area (Å²) in [7, 11) is 0. The average molecular weight is 395 g/mol. The molecule has 2 aromatic heterocycles. The second-order valence-corrected chi connectivity index (χ2v) is 6.02. The van der Waals surface area contributed by atoms with E-state index in [1.54, 1.807) is 48.8 Å². The molecule has 148 valence electrons. The Morgan fingerprint density at radius 2 is 1.76 bits per heavy atom. The van der Waals surface area contributed by atoms with Gasteiger partial charge in [-0.05, 0) is 35.9 Å². The zero-order valence-electron chi connectivity index (χ0n) is 15.1. The van der Waals surface area contributed by atoms with E-state index in [1.165, 1.54) is 6.07 Å². The van der Waals surface area contributed by atoms with Crippen LogP contribution in [0.25, 0.3) is 0 Å². The molecular weight excluding hydrogens is 378 g/mol. The third-order valence-corrected chi connectivity index (χ3v) is 4.02. The minimum Gasteiger partial charge on any atom is -0.395 e. The predicted octanol–water partition coefficient (Wildman–Crippen LogP) is 2.26. The summed E-state index contributed by atoms with van der Waals surface area (Å²) in [4.78, 5) is 38.0. The first-order chi connectivity index (χ1) is 13.9. The highest BCUT2D eigenvalue weighted by atomic mass is 16.6. The normalized spacial score (nSPS) is 11.5. The zero-order chi connectivity index (χ0) is 20.8. The molecule has 3 aromatic rings. The summed E-state index contributed by atoms with van der Waals surface area (Å²) in [6.45, 7) is 0.0793. The summed E-state index contributed by atoms with van der Waals surface area (Å²) >= 11 is 0. The number of carbonyl (C=O) groups is 2. The van der Waals surface area contributed by atoms with Crippen molar-refractivity contribution in [2.75, 3.05) is 11.9 Å². The lowest BCUT2D eigenvalue weighted by Gasteiger charge is -2.13. The molecule has 1 unspecified atom stereocenters. The second kappa shape index (κ2) is 8.76. The number of hydrogen-bond donors (Lipinski definition) is 3. The van der Waals surface area contributed by atoms with Crippen LogP contribution in [0.3, 0.4) is 0 Å². The smallest absolute Gasteiger partial charge is 0.395 e. The van der Waals surface area contributed by atoms with E-state index >= 15 is 0 Å². The van der Waals surface area contributed by atoms with Gasteiger partial charge in [0.2, 0.25) is 0 Å². The molecule has 10 heteroatoms. The summed E-state index contributed by atoms with van der Waals surface area (Å²) in [5, 5.41) is 15.9. The van der Waals surface area contributed by atoms with E-state index in [0.29, 0.717) is 16.8 Å². The molecule has 1 atom stereocenters. The van der Waals surface area contributed by atoms with Crippen LogP contribution in [0.4, 0.5) is 11.6 Å². The van der Waals surface area contributed by atoms with Crippen LogP contribution in [0.1, 0.15) is 32.5 Å². The summed E-state index contributed by atoms with van der Waals surface area (Å²) in [5.74, 6) is -1.57. The van der Waals surface area contributed by atoms with E-state index < -0.39 is 22.8 Å². The van der Waals surface area contributed by atoms with Crippen molar-refractivity contribution in [3.05, 3.63) is 87.9 Å². The molecule has 0 bridgehead atoms. The number of anilines is 1. The number of nitro groups is 1. The molecule has 29 heavy (non-hydrogen) atoms. The number of carbonyl (C=O) groups excluding carboxylic acids is 2. The van der Waals surface area contributed by atoms with Gasteiger partial charge in [-0.1, -0.05) is 12.1 Å². The van der Waals surface area contributed by atoms with Gasteiger partial charge in [-0.25, -0.2) is 0 Å². The Labute approximate surface area is 164 Å². The molecule has 0 spiro atoms. The molecule has 0 aliphatic rings. The van der Waals surface area contributed by atoms with Gasteiger partial charge in [-0.3, -0.25) is 24.7 Å². The van der Waals surface area contributed by atoms with Crippen molar-refractivity contribution in [3.8, 4) is 0 Å². The molecule has 0 radical (unpaired) electrons. The van der Waals surface area contributed by atoms with Crippen LogP contribution in [-0.2, 0) is 0 Å². The highest BCUT2D eigenvalue weighted by Gasteiger charge is 2.18. The molecule has 3 rings (SSSR count). The van der Waals surface area contributed by atoms with Crippen molar-refractivity contribution in [2.24, 2.45) is 5.73 Å². The van der Waals surface area contributed by atoms with Crippen LogP contribution < -0.4 is 16.4 Å². The van der Waals surface area contributed by atoms with E-state index in [9.17, 15) is 19.7 Å². The minimum atomic E-state index is -0.727. The van der Waals surface area contributed by atoms with Crippen LogP contribution in [-0.4, -0.2) is 28.3 Å². The number of rotatable bonds is 7. The van der Waals surface area contributed by atoms with Crippen LogP contribution >= 0.6 is 0 Å². The fourth-order valence-electron chi connectivity index (χ4n) is 2.48. The van der Waals surface area contributed by atoms with Gasteiger partial charge >= 0.3 is 5.88 Å². The fraction of sp³-hybridized carbons (Fsp3) is 0.105. The number of hydrogen-bond acceptors (Lipinski definition) is 7. The van der Waals surface area contributed by atoms with E-state index in [2.05, 4.69) is 15.6 Å². The molecule has 2 heterocycles. The Bertz CT molecular complexity index is 1020. The SMILES string of the molecule is NC(CNC(=O)c1ccc([N+](=O)[O-])o1)c1ccc(C(=O)Nc2ccncc2)cc1. The Balaban J connectivity index is 1.55. The molecule has 4 N–H and O–H groups in total. The van der Waals surface area contributed by atoms with Gasteiger partial charge in [0.15, 0.2) is 5.76 Å². The van der Waals surface area contributed by atoms with Gasteiger partial charge in [0, 0.05) is 36.2 Å². The maximum Gasteiger partial charge on any atom is 0.433 e. The third-order valence-electron chi connectivity index (χ3n) is 4.02. The van der Waals surface area contributed by atoms with Crippen molar-refractivity contribution in [1.82, 2.24) is 10.3 Å².